The summed E-state index contributed by atoms with van der Waals surface area (Å²) in [5.41, 5.74) is 0.976. The van der Waals surface area contributed by atoms with Gasteiger partial charge in [0.05, 0.1) is 12.7 Å². The maximum Gasteiger partial charge on any atom is 0.407 e. The number of cyclic esters (lactones) is 1. The van der Waals surface area contributed by atoms with Crippen LogP contribution < -0.4 is 5.32 Å². The van der Waals surface area contributed by atoms with E-state index in [0.717, 1.165) is 18.4 Å². The van der Waals surface area contributed by atoms with Gasteiger partial charge in [0.25, 0.3) is 0 Å². The molecule has 0 bridgehead atoms. The number of allylic oxidation sites excluding steroid dienone is 1. The predicted molar refractivity (Wildman–Crippen MR) is 77.4 cm³/mol. The van der Waals surface area contributed by atoms with Gasteiger partial charge in [-0.2, -0.15) is 0 Å². The highest BCUT2D eigenvalue weighted by molar-refractivity contribution is 5.67. The van der Waals surface area contributed by atoms with Crippen molar-refractivity contribution >= 4 is 6.09 Å². The zero-order valence-electron chi connectivity index (χ0n) is 12.5. The Morgan fingerprint density at radius 3 is 2.95 bits per heavy atom. The van der Waals surface area contributed by atoms with Crippen LogP contribution in [0.25, 0.3) is 0 Å². The first kappa shape index (κ1) is 16.7. The highest BCUT2D eigenvalue weighted by Crippen LogP contribution is 2.15. The van der Waals surface area contributed by atoms with Gasteiger partial charge in [0.2, 0.25) is 0 Å². The maximum atomic E-state index is 11.4. The lowest BCUT2D eigenvalue weighted by molar-refractivity contribution is -0.00188. The lowest BCUT2D eigenvalue weighted by Crippen LogP contribution is -2.32. The quantitative estimate of drug-likeness (QED) is 0.722. The third-order valence-electron chi connectivity index (χ3n) is 3.28. The summed E-state index contributed by atoms with van der Waals surface area (Å²) in [5.74, 6) is -0.0645. The third kappa shape index (κ3) is 5.75. The number of aliphatic hydroxyl groups excluding tert-OH is 1. The summed E-state index contributed by atoms with van der Waals surface area (Å²) < 4.78 is 10.4. The molecule has 5 nitrogen and oxygen atoms in total. The predicted octanol–water partition coefficient (Wildman–Crippen LogP) is 2.02. The van der Waals surface area contributed by atoms with Gasteiger partial charge in [-0.3, -0.25) is 0 Å². The van der Waals surface area contributed by atoms with Crippen LogP contribution in [0.5, 0.6) is 0 Å². The topological polar surface area (TPSA) is 67.8 Å². The van der Waals surface area contributed by atoms with Crippen molar-refractivity contribution < 1.29 is 19.4 Å². The molecule has 0 aromatic carbocycles. The molecule has 3 unspecified atom stereocenters. The molecule has 3 atom stereocenters. The molecule has 0 aromatic rings. The number of aliphatic hydroxyl groups is 1. The minimum Gasteiger partial charge on any atom is -0.450 e. The number of alkyl carbamates (subject to hydrolysis) is 1. The second-order valence-corrected chi connectivity index (χ2v) is 5.12. The van der Waals surface area contributed by atoms with Gasteiger partial charge >= 0.3 is 6.09 Å². The average molecular weight is 283 g/mol. The Labute approximate surface area is 120 Å². The summed E-state index contributed by atoms with van der Waals surface area (Å²) in [7, 11) is 1.59. The van der Waals surface area contributed by atoms with Crippen molar-refractivity contribution in [2.75, 3.05) is 20.3 Å². The van der Waals surface area contributed by atoms with Gasteiger partial charge in [-0.15, -0.1) is 0 Å². The van der Waals surface area contributed by atoms with Crippen LogP contribution in [0, 0.1) is 5.92 Å². The summed E-state index contributed by atoms with van der Waals surface area (Å²) in [6, 6.07) is 0. The molecule has 0 saturated carbocycles. The van der Waals surface area contributed by atoms with Crippen LogP contribution in [0.4, 0.5) is 4.79 Å². The molecule has 0 aromatic heterocycles. The molecule has 1 aliphatic heterocycles. The van der Waals surface area contributed by atoms with Crippen LogP contribution in [0.15, 0.2) is 23.8 Å². The Kier molecular flexibility index (Phi) is 7.33. The standard InChI is InChI=1S/C15H25NO4/c1-11-9-12(2)14(17)13(19-3)7-5-4-6-8-20-15(18)16-10-11/h5,7,9,12-14,17H,4,6,8,10H2,1-3H3,(H,16,18). The van der Waals surface area contributed by atoms with Gasteiger partial charge in [0.15, 0.2) is 0 Å². The van der Waals surface area contributed by atoms with Crippen molar-refractivity contribution in [3.8, 4) is 0 Å². The lowest BCUT2D eigenvalue weighted by Gasteiger charge is -2.23. The van der Waals surface area contributed by atoms with Crippen molar-refractivity contribution in [1.82, 2.24) is 5.32 Å². The minimum atomic E-state index is -0.610. The maximum absolute atomic E-state index is 11.4. The van der Waals surface area contributed by atoms with E-state index in [0.29, 0.717) is 13.2 Å². The summed E-state index contributed by atoms with van der Waals surface area (Å²) in [5, 5.41) is 13.0. The molecule has 1 heterocycles. The molecule has 5 heteroatoms. The van der Waals surface area contributed by atoms with E-state index in [1.807, 2.05) is 32.1 Å². The first-order valence-corrected chi connectivity index (χ1v) is 7.00. The number of ether oxygens (including phenoxy) is 2. The highest BCUT2D eigenvalue weighted by Gasteiger charge is 2.21. The number of carbonyl (C=O) groups is 1. The zero-order valence-corrected chi connectivity index (χ0v) is 12.5. The first-order chi connectivity index (χ1) is 9.54. The summed E-state index contributed by atoms with van der Waals surface area (Å²) in [6.07, 6.45) is 5.96. The molecule has 1 rings (SSSR count). The van der Waals surface area contributed by atoms with Crippen LogP contribution in [0.3, 0.4) is 0 Å². The fraction of sp³-hybridized carbons (Fsp3) is 0.667. The Morgan fingerprint density at radius 2 is 2.25 bits per heavy atom. The number of carbonyl (C=O) groups excluding carboxylic acids is 1. The van der Waals surface area contributed by atoms with Crippen molar-refractivity contribution in [1.29, 1.82) is 0 Å². The highest BCUT2D eigenvalue weighted by atomic mass is 16.5. The van der Waals surface area contributed by atoms with Crippen molar-refractivity contribution in [2.45, 2.75) is 38.9 Å². The van der Waals surface area contributed by atoms with E-state index in [-0.39, 0.29) is 12.0 Å². The second-order valence-electron chi connectivity index (χ2n) is 5.12. The zero-order chi connectivity index (χ0) is 15.0. The first-order valence-electron chi connectivity index (χ1n) is 7.00. The van der Waals surface area contributed by atoms with Crippen molar-refractivity contribution in [3.63, 3.8) is 0 Å². The Morgan fingerprint density at radius 1 is 1.50 bits per heavy atom. The van der Waals surface area contributed by atoms with Crippen molar-refractivity contribution in [3.05, 3.63) is 23.8 Å². The molecule has 114 valence electrons. The van der Waals surface area contributed by atoms with E-state index in [1.54, 1.807) is 7.11 Å². The molecular formula is C15H25NO4. The number of rotatable bonds is 1. The monoisotopic (exact) mass is 283 g/mol. The molecular weight excluding hydrogens is 258 g/mol. The van der Waals surface area contributed by atoms with Crippen LogP contribution in [-0.4, -0.2) is 43.7 Å². The van der Waals surface area contributed by atoms with E-state index in [9.17, 15) is 9.90 Å². The van der Waals surface area contributed by atoms with Gasteiger partial charge in [-0.1, -0.05) is 30.7 Å². The smallest absolute Gasteiger partial charge is 0.407 e. The van der Waals surface area contributed by atoms with Crippen LogP contribution >= 0.6 is 0 Å². The SMILES string of the molecule is COC1C=CCCCOC(=O)NCC(C)=CC(C)C1O. The molecule has 0 spiro atoms. The second kappa shape index (κ2) is 8.76. The van der Waals surface area contributed by atoms with Gasteiger partial charge in [0, 0.05) is 19.6 Å². The Bertz CT molecular complexity index is 365. The molecule has 2 N–H and O–H groups in total. The molecule has 20 heavy (non-hydrogen) atoms. The molecule has 0 radical (unpaired) electrons. The lowest BCUT2D eigenvalue weighted by atomic mass is 9.96. The van der Waals surface area contributed by atoms with E-state index in [1.165, 1.54) is 0 Å². The summed E-state index contributed by atoms with van der Waals surface area (Å²) in [6.45, 7) is 4.64. The van der Waals surface area contributed by atoms with Gasteiger partial charge in [-0.05, 0) is 19.8 Å². The molecule has 0 aliphatic carbocycles. The van der Waals surface area contributed by atoms with Gasteiger partial charge in [-0.25, -0.2) is 4.79 Å². The van der Waals surface area contributed by atoms with Crippen molar-refractivity contribution in [2.24, 2.45) is 5.92 Å². The van der Waals surface area contributed by atoms with Crippen LogP contribution in [-0.2, 0) is 9.47 Å². The fourth-order valence-electron chi connectivity index (χ4n) is 2.10. The summed E-state index contributed by atoms with van der Waals surface area (Å²) >= 11 is 0. The average Bonchev–Trinajstić information content (AvgIpc) is 2.43. The minimum absolute atomic E-state index is 0.0645. The number of nitrogens with one attached hydrogen (secondary N) is 1. The number of amides is 1. The number of methoxy groups -OCH3 is 1. The van der Waals surface area contributed by atoms with E-state index < -0.39 is 12.2 Å². The van der Waals surface area contributed by atoms with Gasteiger partial charge in [0.1, 0.15) is 6.10 Å². The number of hydrogen-bond donors (Lipinski definition) is 2. The molecule has 1 amide bonds. The molecule has 0 fully saturated rings. The normalized spacial score (nSPS) is 29.9. The number of hydrogen-bond acceptors (Lipinski definition) is 4. The van der Waals surface area contributed by atoms with Crippen LogP contribution in [0.1, 0.15) is 26.7 Å². The third-order valence-corrected chi connectivity index (χ3v) is 3.28. The summed E-state index contributed by atoms with van der Waals surface area (Å²) in [4.78, 5) is 11.4. The largest absolute Gasteiger partial charge is 0.450 e. The molecule has 0 saturated heterocycles. The van der Waals surface area contributed by atoms with Gasteiger partial charge < -0.3 is 19.9 Å². The Balaban J connectivity index is 2.78. The van der Waals surface area contributed by atoms with E-state index >= 15 is 0 Å². The fourth-order valence-corrected chi connectivity index (χ4v) is 2.10. The van der Waals surface area contributed by atoms with E-state index in [2.05, 4.69) is 5.32 Å². The van der Waals surface area contributed by atoms with E-state index in [4.69, 9.17) is 9.47 Å². The molecule has 1 aliphatic rings. The Hall–Kier alpha value is -1.33. The van der Waals surface area contributed by atoms with Crippen LogP contribution in [0.2, 0.25) is 0 Å².